The molecule has 18 heavy (non-hydrogen) atoms. The first-order valence-corrected chi connectivity index (χ1v) is 5.99. The average Bonchev–Trinajstić information content (AvgIpc) is 2.24. The highest BCUT2D eigenvalue weighted by molar-refractivity contribution is 6.32. The summed E-state index contributed by atoms with van der Waals surface area (Å²) < 4.78 is 5.42. The molecule has 1 aromatic carbocycles. The van der Waals surface area contributed by atoms with Gasteiger partial charge in [0.15, 0.2) is 0 Å². The highest BCUT2D eigenvalue weighted by atomic mass is 35.5. The van der Waals surface area contributed by atoms with Gasteiger partial charge in [-0.05, 0) is 26.8 Å². The largest absolute Gasteiger partial charge is 0.490 e. The molecule has 0 saturated heterocycles. The molecule has 6 heteroatoms. The average molecular weight is 273 g/mol. The zero-order chi connectivity index (χ0) is 13.8. The van der Waals surface area contributed by atoms with Crippen molar-refractivity contribution in [3.8, 4) is 5.75 Å². The normalized spacial score (nSPS) is 11.3. The molecule has 100 valence electrons. The topological polar surface area (TPSA) is 64.4 Å². The van der Waals surface area contributed by atoms with Gasteiger partial charge in [-0.15, -0.1) is 0 Å². The van der Waals surface area contributed by atoms with Crippen LogP contribution < -0.4 is 10.1 Å². The molecular formula is C12H17ClN2O3. The van der Waals surface area contributed by atoms with Crippen LogP contribution in [0, 0.1) is 10.1 Å². The van der Waals surface area contributed by atoms with Crippen molar-refractivity contribution >= 4 is 17.3 Å². The molecule has 0 aliphatic rings. The van der Waals surface area contributed by atoms with Crippen molar-refractivity contribution < 1.29 is 9.66 Å². The van der Waals surface area contributed by atoms with Crippen molar-refractivity contribution in [2.24, 2.45) is 0 Å². The summed E-state index contributed by atoms with van der Waals surface area (Å²) in [6.45, 7) is 7.19. The van der Waals surface area contributed by atoms with E-state index in [2.05, 4.69) is 5.32 Å². The maximum absolute atomic E-state index is 10.6. The predicted molar refractivity (Wildman–Crippen MR) is 71.4 cm³/mol. The van der Waals surface area contributed by atoms with E-state index in [4.69, 9.17) is 16.3 Å². The first kappa shape index (κ1) is 14.7. The van der Waals surface area contributed by atoms with E-state index in [9.17, 15) is 10.1 Å². The Hall–Kier alpha value is -1.33. The lowest BCUT2D eigenvalue weighted by atomic mass is 10.1. The van der Waals surface area contributed by atoms with E-state index < -0.39 is 4.92 Å². The Labute approximate surface area is 111 Å². The molecule has 0 aliphatic carbocycles. The molecule has 0 heterocycles. The number of benzene rings is 1. The van der Waals surface area contributed by atoms with Gasteiger partial charge in [0.1, 0.15) is 12.4 Å². The van der Waals surface area contributed by atoms with Crippen molar-refractivity contribution in [2.75, 3.05) is 13.2 Å². The van der Waals surface area contributed by atoms with Crippen LogP contribution in [0.2, 0.25) is 5.02 Å². The fraction of sp³-hybridized carbons (Fsp3) is 0.500. The number of nitrogens with zero attached hydrogens (tertiary/aromatic N) is 1. The third kappa shape index (κ3) is 4.89. The van der Waals surface area contributed by atoms with Crippen molar-refractivity contribution in [1.82, 2.24) is 5.32 Å². The van der Waals surface area contributed by atoms with Gasteiger partial charge in [-0.1, -0.05) is 11.6 Å². The Bertz CT molecular complexity index is 430. The number of non-ortho nitro benzene ring substituents is 1. The predicted octanol–water partition coefficient (Wildman–Crippen LogP) is 3.02. The molecule has 0 radical (unpaired) electrons. The molecule has 0 spiro atoms. The smallest absolute Gasteiger partial charge is 0.273 e. The lowest BCUT2D eigenvalue weighted by Gasteiger charge is -2.20. The second-order valence-corrected chi connectivity index (χ2v) is 5.30. The molecule has 1 aromatic rings. The van der Waals surface area contributed by atoms with Crippen LogP contribution in [0.5, 0.6) is 5.75 Å². The second kappa shape index (κ2) is 6.02. The van der Waals surface area contributed by atoms with E-state index in [1.807, 2.05) is 20.8 Å². The second-order valence-electron chi connectivity index (χ2n) is 4.90. The summed E-state index contributed by atoms with van der Waals surface area (Å²) in [7, 11) is 0. The van der Waals surface area contributed by atoms with E-state index in [1.165, 1.54) is 18.2 Å². The quantitative estimate of drug-likeness (QED) is 0.508. The SMILES string of the molecule is CC(C)(C)NCCOc1cc([N+](=O)[O-])ccc1Cl. The van der Waals surface area contributed by atoms with Crippen molar-refractivity contribution in [1.29, 1.82) is 0 Å². The standard InChI is InChI=1S/C12H17ClN2O3/c1-12(2,3)14-6-7-18-11-8-9(15(16)17)4-5-10(11)13/h4-5,8,14H,6-7H2,1-3H3. The first-order valence-electron chi connectivity index (χ1n) is 5.61. The number of rotatable bonds is 5. The summed E-state index contributed by atoms with van der Waals surface area (Å²) in [6, 6.07) is 4.15. The van der Waals surface area contributed by atoms with Crippen LogP contribution in [-0.4, -0.2) is 23.6 Å². The van der Waals surface area contributed by atoms with Crippen molar-refractivity contribution in [3.63, 3.8) is 0 Å². The minimum absolute atomic E-state index is 0.00976. The number of halogens is 1. The molecule has 0 atom stereocenters. The minimum atomic E-state index is -0.476. The van der Waals surface area contributed by atoms with Crippen molar-refractivity contribution in [3.05, 3.63) is 33.3 Å². The van der Waals surface area contributed by atoms with Gasteiger partial charge in [0, 0.05) is 18.2 Å². The molecule has 0 aliphatic heterocycles. The third-order valence-electron chi connectivity index (χ3n) is 2.14. The van der Waals surface area contributed by atoms with Crippen LogP contribution in [0.1, 0.15) is 20.8 Å². The van der Waals surface area contributed by atoms with E-state index in [0.717, 1.165) is 0 Å². The van der Waals surface area contributed by atoms with Gasteiger partial charge < -0.3 is 10.1 Å². The number of hydrogen-bond donors (Lipinski definition) is 1. The molecular weight excluding hydrogens is 256 g/mol. The summed E-state index contributed by atoms with van der Waals surface area (Å²) in [4.78, 5) is 10.1. The van der Waals surface area contributed by atoms with Crippen LogP contribution in [0.4, 0.5) is 5.69 Å². The molecule has 0 amide bonds. The summed E-state index contributed by atoms with van der Waals surface area (Å²) in [5, 5.41) is 14.2. The zero-order valence-electron chi connectivity index (χ0n) is 10.7. The maximum atomic E-state index is 10.6. The number of nitro benzene ring substituents is 1. The highest BCUT2D eigenvalue weighted by Gasteiger charge is 2.11. The van der Waals surface area contributed by atoms with Gasteiger partial charge in [0.05, 0.1) is 16.0 Å². The fourth-order valence-corrected chi connectivity index (χ4v) is 1.48. The van der Waals surface area contributed by atoms with E-state index in [1.54, 1.807) is 0 Å². The molecule has 0 aromatic heterocycles. The molecule has 0 bridgehead atoms. The van der Waals surface area contributed by atoms with Gasteiger partial charge in [0.2, 0.25) is 0 Å². The van der Waals surface area contributed by atoms with E-state index in [0.29, 0.717) is 23.9 Å². The summed E-state index contributed by atoms with van der Waals surface area (Å²) in [5.74, 6) is 0.335. The highest BCUT2D eigenvalue weighted by Crippen LogP contribution is 2.28. The van der Waals surface area contributed by atoms with Crippen LogP contribution in [-0.2, 0) is 0 Å². The summed E-state index contributed by atoms with van der Waals surface area (Å²) in [6.07, 6.45) is 0. The van der Waals surface area contributed by atoms with E-state index >= 15 is 0 Å². The fourth-order valence-electron chi connectivity index (χ4n) is 1.30. The summed E-state index contributed by atoms with van der Waals surface area (Å²) >= 11 is 5.90. The van der Waals surface area contributed by atoms with Crippen LogP contribution in [0.3, 0.4) is 0 Å². The number of ether oxygens (including phenoxy) is 1. The monoisotopic (exact) mass is 272 g/mol. The van der Waals surface area contributed by atoms with Gasteiger partial charge in [-0.3, -0.25) is 10.1 Å². The minimum Gasteiger partial charge on any atom is -0.490 e. The molecule has 1 rings (SSSR count). The molecule has 0 fully saturated rings. The molecule has 0 unspecified atom stereocenters. The summed E-state index contributed by atoms with van der Waals surface area (Å²) in [5.41, 5.74) is -0.0197. The number of hydrogen-bond acceptors (Lipinski definition) is 4. The Kier molecular flexibility index (Phi) is 4.93. The maximum Gasteiger partial charge on any atom is 0.273 e. The van der Waals surface area contributed by atoms with Gasteiger partial charge in [-0.25, -0.2) is 0 Å². The van der Waals surface area contributed by atoms with Crippen LogP contribution in [0.25, 0.3) is 0 Å². The van der Waals surface area contributed by atoms with Gasteiger partial charge >= 0.3 is 0 Å². The first-order chi connectivity index (χ1) is 8.29. The Morgan fingerprint density at radius 2 is 2.11 bits per heavy atom. The van der Waals surface area contributed by atoms with Crippen molar-refractivity contribution in [2.45, 2.75) is 26.3 Å². The molecule has 0 saturated carbocycles. The van der Waals surface area contributed by atoms with E-state index in [-0.39, 0.29) is 11.2 Å². The number of nitrogens with one attached hydrogen (secondary N) is 1. The molecule has 5 nitrogen and oxygen atoms in total. The zero-order valence-corrected chi connectivity index (χ0v) is 11.5. The Morgan fingerprint density at radius 3 is 2.67 bits per heavy atom. The third-order valence-corrected chi connectivity index (χ3v) is 2.45. The van der Waals surface area contributed by atoms with Crippen LogP contribution in [0.15, 0.2) is 18.2 Å². The molecule has 1 N–H and O–H groups in total. The van der Waals surface area contributed by atoms with Crippen LogP contribution >= 0.6 is 11.6 Å². The Morgan fingerprint density at radius 1 is 1.44 bits per heavy atom. The van der Waals surface area contributed by atoms with Gasteiger partial charge in [-0.2, -0.15) is 0 Å². The van der Waals surface area contributed by atoms with Gasteiger partial charge in [0.25, 0.3) is 5.69 Å². The Balaban J connectivity index is 2.56. The lowest BCUT2D eigenvalue weighted by Crippen LogP contribution is -2.38. The number of nitro groups is 1. The lowest BCUT2D eigenvalue weighted by molar-refractivity contribution is -0.384.